The second kappa shape index (κ2) is 11.6. The summed E-state index contributed by atoms with van der Waals surface area (Å²) in [6, 6.07) is -3.52. The van der Waals surface area contributed by atoms with E-state index in [1.165, 1.54) is 16.2 Å². The highest BCUT2D eigenvalue weighted by atomic mass is 32.1. The van der Waals surface area contributed by atoms with Crippen molar-refractivity contribution in [3.8, 4) is 0 Å². The van der Waals surface area contributed by atoms with Crippen molar-refractivity contribution in [2.45, 2.75) is 137 Å². The number of thiophene rings is 1. The average Bonchev–Trinajstić information content (AvgIpc) is 3.61. The van der Waals surface area contributed by atoms with Crippen LogP contribution in [0.1, 0.15) is 153 Å². The van der Waals surface area contributed by atoms with Gasteiger partial charge in [0.05, 0.1) is 23.5 Å². The molecule has 4 aromatic carbocycles. The van der Waals surface area contributed by atoms with E-state index in [4.69, 9.17) is 0 Å². The van der Waals surface area contributed by atoms with Crippen molar-refractivity contribution in [3.05, 3.63) is 111 Å². The first-order valence-electron chi connectivity index (χ1n) is 25.3. The molecule has 0 saturated heterocycles. The van der Waals surface area contributed by atoms with Gasteiger partial charge in [0.25, 0.3) is 6.71 Å². The molecule has 53 heavy (non-hydrogen) atoms. The van der Waals surface area contributed by atoms with Crippen LogP contribution in [0, 0.1) is 6.92 Å². The van der Waals surface area contributed by atoms with E-state index in [-0.39, 0.29) is 128 Å². The van der Waals surface area contributed by atoms with Gasteiger partial charge in [0.15, 0.2) is 0 Å². The van der Waals surface area contributed by atoms with E-state index in [1.807, 2.05) is 41.5 Å². The van der Waals surface area contributed by atoms with Crippen molar-refractivity contribution in [1.82, 2.24) is 0 Å². The van der Waals surface area contributed by atoms with Crippen LogP contribution in [0.5, 0.6) is 0 Å². The third kappa shape index (κ3) is 5.73. The fraction of sp³-hybridized carbons (Fsp3) is 0.429. The van der Waals surface area contributed by atoms with E-state index in [2.05, 4.69) is 27.7 Å². The highest BCUT2D eigenvalue weighted by Crippen LogP contribution is 2.56. The fourth-order valence-electron chi connectivity index (χ4n) is 7.92. The van der Waals surface area contributed by atoms with Crippen LogP contribution in [0.4, 0.5) is 34.1 Å². The topological polar surface area (TPSA) is 6.48 Å². The van der Waals surface area contributed by atoms with E-state index in [9.17, 15) is 17.8 Å². The number of benzene rings is 4. The summed E-state index contributed by atoms with van der Waals surface area (Å²) in [5.74, 6) is 0. The van der Waals surface area contributed by atoms with Gasteiger partial charge in [0.2, 0.25) is 0 Å². The lowest BCUT2D eigenvalue weighted by Crippen LogP contribution is -2.61. The zero-order valence-electron chi connectivity index (χ0n) is 46.8. The molecule has 1 aromatic heterocycles. The van der Waals surface area contributed by atoms with E-state index in [0.29, 0.717) is 10.5 Å². The molecule has 0 N–H and O–H groups in total. The van der Waals surface area contributed by atoms with Gasteiger partial charge in [0.1, 0.15) is 0 Å². The summed E-state index contributed by atoms with van der Waals surface area (Å²) in [6.45, 7) is 25.8. The third-order valence-corrected chi connectivity index (χ3v) is 12.8. The lowest BCUT2D eigenvalue weighted by atomic mass is 9.35. The van der Waals surface area contributed by atoms with E-state index < -0.39 is 45.9 Å². The maximum absolute atomic E-state index is 10.3. The Labute approximate surface area is 343 Å². The Morgan fingerprint density at radius 2 is 1.08 bits per heavy atom. The van der Waals surface area contributed by atoms with Crippen LogP contribution in [-0.4, -0.2) is 6.71 Å². The Bertz CT molecular complexity index is 2950. The van der Waals surface area contributed by atoms with Gasteiger partial charge in [-0.25, -0.2) is 0 Å². The normalized spacial score (nSPS) is 20.7. The van der Waals surface area contributed by atoms with Crippen LogP contribution in [-0.2, 0) is 27.1 Å². The van der Waals surface area contributed by atoms with E-state index in [0.717, 1.165) is 23.3 Å². The second-order valence-electron chi connectivity index (χ2n) is 19.6. The van der Waals surface area contributed by atoms with E-state index in [1.54, 1.807) is 32.6 Å². The summed E-state index contributed by atoms with van der Waals surface area (Å²) in [4.78, 5) is 4.08. The third-order valence-electron chi connectivity index (χ3n) is 11.2. The molecule has 2 nitrogen and oxygen atoms in total. The predicted octanol–water partition coefficient (Wildman–Crippen LogP) is 12.4. The molecule has 0 saturated carbocycles. The Balaban J connectivity index is 1.70. The molecule has 0 unspecified atom stereocenters. The van der Waals surface area contributed by atoms with Crippen LogP contribution in [0.3, 0.4) is 0 Å². The summed E-state index contributed by atoms with van der Waals surface area (Å²) in [5, 5.41) is 0. The number of nitrogens with zero attached hydrogens (tertiary/aromatic N) is 2. The minimum Gasteiger partial charge on any atom is -0.311 e. The molecule has 5 aromatic rings. The highest BCUT2D eigenvalue weighted by molar-refractivity contribution is 7.29. The minimum atomic E-state index is -0.979. The largest absolute Gasteiger partial charge is 0.311 e. The van der Waals surface area contributed by atoms with Gasteiger partial charge in [-0.3, -0.25) is 0 Å². The Kier molecular flexibility index (Phi) is 5.24. The molecule has 1 aliphatic carbocycles. The predicted molar refractivity (Wildman–Crippen MR) is 234 cm³/mol. The second-order valence-corrected chi connectivity index (χ2v) is 20.6. The van der Waals surface area contributed by atoms with Crippen molar-refractivity contribution < 1.29 is 17.8 Å². The molecule has 3 aliphatic rings. The van der Waals surface area contributed by atoms with Crippen molar-refractivity contribution in [2.75, 3.05) is 9.80 Å². The van der Waals surface area contributed by atoms with Crippen molar-refractivity contribution in [1.29, 1.82) is 0 Å². The Morgan fingerprint density at radius 1 is 0.604 bits per heavy atom. The first-order valence-corrected chi connectivity index (χ1v) is 19.6. The van der Waals surface area contributed by atoms with Crippen LogP contribution >= 0.6 is 11.3 Å². The molecule has 0 amide bonds. The molecule has 4 heteroatoms. The maximum Gasteiger partial charge on any atom is 0.264 e. The molecular formula is C49H59BN2S. The monoisotopic (exact) mass is 732 g/mol. The smallest absolute Gasteiger partial charge is 0.264 e. The zero-order valence-corrected chi connectivity index (χ0v) is 34.6. The summed E-state index contributed by atoms with van der Waals surface area (Å²) in [5.41, 5.74) is -0.623. The quantitative estimate of drug-likeness (QED) is 0.163. The number of anilines is 6. The minimum absolute atomic E-state index is 0.0144. The number of rotatable bonds is 2. The van der Waals surface area contributed by atoms with Crippen LogP contribution < -0.4 is 25.5 Å². The fourth-order valence-corrected chi connectivity index (χ4v) is 9.64. The number of hydrogen-bond donors (Lipinski definition) is 0. The van der Waals surface area contributed by atoms with Crippen molar-refractivity contribution in [2.24, 2.45) is 0 Å². The van der Waals surface area contributed by atoms with Gasteiger partial charge in [0, 0.05) is 38.1 Å². The number of fused-ring (bicyclic) bond motifs is 6. The number of hydrogen-bond acceptors (Lipinski definition) is 3. The standard InChI is InChI=1S/C49H59BN2S/c1-30-27-38-41-39(28-30)52(35-22-17-32(18-23-35)46(5,6)7)42-40-43(49(13,14)26-25-48(40,11)12)53-44(42)50(41)36-29-33(47(8,9)10)19-24-37(36)51(38)34-20-15-31(16-21-34)45(2,3)4/h15-24,27-29H,25-26H2,1-14H3/i15D,16D,17D,18D,19D,20D,21D,22D,23D,24D,27D,28D,29D. The van der Waals surface area contributed by atoms with Crippen LogP contribution in [0.25, 0.3) is 0 Å². The summed E-state index contributed by atoms with van der Waals surface area (Å²) >= 11 is 1.51. The molecule has 0 spiro atoms. The lowest BCUT2D eigenvalue weighted by Gasteiger charge is -2.45. The van der Waals surface area contributed by atoms with Gasteiger partial charge in [-0.05, 0) is 128 Å². The van der Waals surface area contributed by atoms with Gasteiger partial charge in [-0.15, -0.1) is 0 Å². The summed E-state index contributed by atoms with van der Waals surface area (Å²) in [7, 11) is 0. The maximum atomic E-state index is 10.3. The van der Waals surface area contributed by atoms with Crippen LogP contribution in [0.15, 0.2) is 78.6 Å². The molecule has 274 valence electrons. The van der Waals surface area contributed by atoms with Gasteiger partial charge < -0.3 is 9.80 Å². The Hall–Kier alpha value is -3.76. The lowest BCUT2D eigenvalue weighted by molar-refractivity contribution is 0.339. The molecule has 0 bridgehead atoms. The first kappa shape index (κ1) is 23.9. The molecule has 0 radical (unpaired) electrons. The van der Waals surface area contributed by atoms with E-state index >= 15 is 0 Å². The first-order chi connectivity index (χ1) is 30.0. The molecular weight excluding hydrogens is 659 g/mol. The highest BCUT2D eigenvalue weighted by Gasteiger charge is 2.50. The summed E-state index contributed by atoms with van der Waals surface area (Å²) in [6.07, 6.45) is 1.59. The summed E-state index contributed by atoms with van der Waals surface area (Å²) < 4.78 is 127. The van der Waals surface area contributed by atoms with Crippen molar-refractivity contribution in [3.63, 3.8) is 0 Å². The molecule has 0 fully saturated rings. The molecule has 0 atom stereocenters. The van der Waals surface area contributed by atoms with Crippen LogP contribution in [0.2, 0.25) is 0 Å². The molecule has 3 heterocycles. The molecule has 8 rings (SSSR count). The van der Waals surface area contributed by atoms with Gasteiger partial charge in [-0.2, -0.15) is 11.3 Å². The van der Waals surface area contributed by atoms with Crippen molar-refractivity contribution >= 4 is 67.9 Å². The van der Waals surface area contributed by atoms with Gasteiger partial charge in [-0.1, -0.05) is 126 Å². The molecule has 2 aliphatic heterocycles. The van der Waals surface area contributed by atoms with Gasteiger partial charge >= 0.3 is 0 Å². The average molecular weight is 732 g/mol. The SMILES string of the molecule is [2H]c1c([2H])c(C(C)(C)C)c([2H])c([2H])c1N1c2c([2H])c([2H])c(C(C)(C)C)c([2H])c2B2c3sc4c(c3N(c3c([2H])c([2H])c(C(C)(C)C)c([2H])c3[2H])c3c([2H])c(C)c([2H])c1c32)C(C)(C)CCC4(C)C. The zero-order chi connectivity index (χ0) is 49.5. The Morgan fingerprint density at radius 3 is 1.60 bits per heavy atom.